The Labute approximate surface area is 63.8 Å². The van der Waals surface area contributed by atoms with Crippen molar-refractivity contribution in [2.24, 2.45) is 0 Å². The van der Waals surface area contributed by atoms with Gasteiger partial charge in [-0.3, -0.25) is 4.68 Å². The molecule has 0 saturated heterocycles. The fourth-order valence-electron chi connectivity index (χ4n) is 0.852. The van der Waals surface area contributed by atoms with Crippen molar-refractivity contribution in [1.29, 1.82) is 0 Å². The first-order chi connectivity index (χ1) is 5.09. The molecule has 0 aliphatic rings. The van der Waals surface area contributed by atoms with Crippen LogP contribution < -0.4 is 0 Å². The van der Waals surface area contributed by atoms with Crippen molar-refractivity contribution in [2.45, 2.75) is 26.8 Å². The maximum absolute atomic E-state index is 11.8. The standard InChI is InChI=1S/C7H10F2N2/c1-5-3-11(4-7(8)9)10-6(5)2/h3,7H,4H2,1-2H3. The van der Waals surface area contributed by atoms with Gasteiger partial charge in [0, 0.05) is 6.20 Å². The summed E-state index contributed by atoms with van der Waals surface area (Å²) in [5.74, 6) is 0. The summed E-state index contributed by atoms with van der Waals surface area (Å²) in [7, 11) is 0. The van der Waals surface area contributed by atoms with Crippen molar-refractivity contribution < 1.29 is 8.78 Å². The number of aryl methyl sites for hydroxylation is 2. The monoisotopic (exact) mass is 160 g/mol. The maximum Gasteiger partial charge on any atom is 0.257 e. The number of hydrogen-bond acceptors (Lipinski definition) is 1. The second-order valence-electron chi connectivity index (χ2n) is 2.51. The topological polar surface area (TPSA) is 17.8 Å². The van der Waals surface area contributed by atoms with Gasteiger partial charge in [-0.15, -0.1) is 0 Å². The molecule has 0 amide bonds. The minimum atomic E-state index is -2.33. The zero-order valence-corrected chi connectivity index (χ0v) is 6.51. The molecular formula is C7H10F2N2. The van der Waals surface area contributed by atoms with Crippen molar-refractivity contribution in [3.8, 4) is 0 Å². The lowest BCUT2D eigenvalue weighted by atomic mass is 10.3. The second-order valence-corrected chi connectivity index (χ2v) is 2.51. The van der Waals surface area contributed by atoms with Crippen LogP contribution in [0.4, 0.5) is 8.78 Å². The number of aromatic nitrogens is 2. The van der Waals surface area contributed by atoms with Crippen molar-refractivity contribution >= 4 is 0 Å². The smallest absolute Gasteiger partial charge is 0.257 e. The molecule has 0 saturated carbocycles. The number of nitrogens with zero attached hydrogens (tertiary/aromatic N) is 2. The third-order valence-electron chi connectivity index (χ3n) is 1.52. The summed E-state index contributed by atoms with van der Waals surface area (Å²) in [4.78, 5) is 0. The maximum atomic E-state index is 11.8. The minimum Gasteiger partial charge on any atom is -0.266 e. The van der Waals surface area contributed by atoms with E-state index in [1.165, 1.54) is 4.68 Å². The van der Waals surface area contributed by atoms with Crippen LogP contribution in [0.1, 0.15) is 11.3 Å². The quantitative estimate of drug-likeness (QED) is 0.644. The highest BCUT2D eigenvalue weighted by Crippen LogP contribution is 2.04. The van der Waals surface area contributed by atoms with Crippen LogP contribution in [0.25, 0.3) is 0 Å². The van der Waals surface area contributed by atoms with Gasteiger partial charge < -0.3 is 0 Å². The molecule has 0 atom stereocenters. The van der Waals surface area contributed by atoms with Gasteiger partial charge in [-0.05, 0) is 19.4 Å². The molecule has 0 fully saturated rings. The Hall–Kier alpha value is -0.930. The van der Waals surface area contributed by atoms with E-state index in [0.717, 1.165) is 11.3 Å². The molecule has 11 heavy (non-hydrogen) atoms. The van der Waals surface area contributed by atoms with Gasteiger partial charge in [-0.25, -0.2) is 8.78 Å². The predicted molar refractivity (Wildman–Crippen MR) is 37.7 cm³/mol. The lowest BCUT2D eigenvalue weighted by molar-refractivity contribution is 0.121. The average molecular weight is 160 g/mol. The molecule has 1 aromatic heterocycles. The van der Waals surface area contributed by atoms with E-state index in [2.05, 4.69) is 5.10 Å². The van der Waals surface area contributed by atoms with Crippen LogP contribution in [0.15, 0.2) is 6.20 Å². The van der Waals surface area contributed by atoms with E-state index >= 15 is 0 Å². The highest BCUT2D eigenvalue weighted by Gasteiger charge is 2.05. The Bertz CT molecular complexity index is 223. The highest BCUT2D eigenvalue weighted by atomic mass is 19.3. The Morgan fingerprint density at radius 3 is 2.55 bits per heavy atom. The number of alkyl halides is 2. The van der Waals surface area contributed by atoms with E-state index in [-0.39, 0.29) is 6.54 Å². The Morgan fingerprint density at radius 1 is 1.55 bits per heavy atom. The van der Waals surface area contributed by atoms with E-state index in [4.69, 9.17) is 0 Å². The van der Waals surface area contributed by atoms with E-state index < -0.39 is 6.43 Å². The molecule has 4 heteroatoms. The minimum absolute atomic E-state index is 0.311. The molecule has 0 spiro atoms. The summed E-state index contributed by atoms with van der Waals surface area (Å²) in [6, 6.07) is 0. The summed E-state index contributed by atoms with van der Waals surface area (Å²) < 4.78 is 24.9. The Balaban J connectivity index is 2.73. The molecule has 0 aliphatic heterocycles. The molecule has 0 unspecified atom stereocenters. The van der Waals surface area contributed by atoms with Crippen LogP contribution in [0.3, 0.4) is 0 Å². The van der Waals surface area contributed by atoms with Crippen molar-refractivity contribution in [2.75, 3.05) is 0 Å². The zero-order chi connectivity index (χ0) is 8.43. The highest BCUT2D eigenvalue weighted by molar-refractivity contribution is 5.12. The van der Waals surface area contributed by atoms with Crippen LogP contribution >= 0.6 is 0 Å². The number of rotatable bonds is 2. The van der Waals surface area contributed by atoms with Gasteiger partial charge in [0.2, 0.25) is 0 Å². The molecule has 1 aromatic rings. The molecule has 1 heterocycles. The summed E-state index contributed by atoms with van der Waals surface area (Å²) in [6.07, 6.45) is -0.699. The van der Waals surface area contributed by atoms with Gasteiger partial charge >= 0.3 is 0 Å². The molecular weight excluding hydrogens is 150 g/mol. The van der Waals surface area contributed by atoms with Gasteiger partial charge in [-0.1, -0.05) is 0 Å². The van der Waals surface area contributed by atoms with Gasteiger partial charge in [0.15, 0.2) is 0 Å². The molecule has 0 N–H and O–H groups in total. The molecule has 0 radical (unpaired) electrons. The zero-order valence-electron chi connectivity index (χ0n) is 6.51. The Morgan fingerprint density at radius 2 is 2.18 bits per heavy atom. The summed E-state index contributed by atoms with van der Waals surface area (Å²) in [5, 5.41) is 3.89. The third-order valence-corrected chi connectivity index (χ3v) is 1.52. The third kappa shape index (κ3) is 2.00. The van der Waals surface area contributed by atoms with E-state index in [1.807, 2.05) is 6.92 Å². The summed E-state index contributed by atoms with van der Waals surface area (Å²) in [6.45, 7) is 3.34. The lowest BCUT2D eigenvalue weighted by Gasteiger charge is -1.97. The molecule has 0 bridgehead atoms. The number of hydrogen-bond donors (Lipinski definition) is 0. The average Bonchev–Trinajstić information content (AvgIpc) is 2.10. The van der Waals surface area contributed by atoms with Crippen LogP contribution in [-0.4, -0.2) is 16.2 Å². The van der Waals surface area contributed by atoms with Crippen molar-refractivity contribution in [3.05, 3.63) is 17.5 Å². The van der Waals surface area contributed by atoms with Crippen LogP contribution in [0, 0.1) is 13.8 Å². The first-order valence-corrected chi connectivity index (χ1v) is 3.38. The normalized spacial score (nSPS) is 11.0. The number of halogens is 2. The molecule has 1 rings (SSSR count). The second kappa shape index (κ2) is 2.98. The molecule has 62 valence electrons. The van der Waals surface area contributed by atoms with Crippen molar-refractivity contribution in [1.82, 2.24) is 9.78 Å². The largest absolute Gasteiger partial charge is 0.266 e. The molecule has 0 aromatic carbocycles. The predicted octanol–water partition coefficient (Wildman–Crippen LogP) is 1.77. The summed E-state index contributed by atoms with van der Waals surface area (Å²) >= 11 is 0. The van der Waals surface area contributed by atoms with Crippen molar-refractivity contribution in [3.63, 3.8) is 0 Å². The van der Waals surface area contributed by atoms with Gasteiger partial charge in [0.25, 0.3) is 6.43 Å². The first-order valence-electron chi connectivity index (χ1n) is 3.38. The summed E-state index contributed by atoms with van der Waals surface area (Å²) in [5.41, 5.74) is 1.76. The van der Waals surface area contributed by atoms with Gasteiger partial charge in [0.05, 0.1) is 5.69 Å². The fraction of sp³-hybridized carbons (Fsp3) is 0.571. The van der Waals surface area contributed by atoms with Crippen LogP contribution in [0.5, 0.6) is 0 Å². The SMILES string of the molecule is Cc1cn(CC(F)F)nc1C. The van der Waals surface area contributed by atoms with E-state index in [1.54, 1.807) is 13.1 Å². The Kier molecular flexibility index (Phi) is 2.22. The molecule has 0 aliphatic carbocycles. The van der Waals surface area contributed by atoms with E-state index in [9.17, 15) is 8.78 Å². The first kappa shape index (κ1) is 8.17. The van der Waals surface area contributed by atoms with Crippen LogP contribution in [0.2, 0.25) is 0 Å². The molecule has 2 nitrogen and oxygen atoms in total. The van der Waals surface area contributed by atoms with Gasteiger partial charge in [-0.2, -0.15) is 5.10 Å². The van der Waals surface area contributed by atoms with Gasteiger partial charge in [0.1, 0.15) is 6.54 Å². The fourth-order valence-corrected chi connectivity index (χ4v) is 0.852. The lowest BCUT2D eigenvalue weighted by Crippen LogP contribution is -2.06. The van der Waals surface area contributed by atoms with E-state index in [0.29, 0.717) is 0 Å². The van der Waals surface area contributed by atoms with Crippen LogP contribution in [-0.2, 0) is 6.54 Å².